The third-order valence-electron chi connectivity index (χ3n) is 6.24. The Morgan fingerprint density at radius 2 is 1.67 bits per heavy atom. The number of amides is 1. The van der Waals surface area contributed by atoms with Crippen molar-refractivity contribution >= 4 is 11.6 Å². The van der Waals surface area contributed by atoms with Crippen molar-refractivity contribution in [2.45, 2.75) is 38.5 Å². The van der Waals surface area contributed by atoms with Crippen molar-refractivity contribution in [3.05, 3.63) is 12.1 Å². The molecule has 0 unspecified atom stereocenters. The summed E-state index contributed by atoms with van der Waals surface area (Å²) in [6.07, 6.45) is 6.98. The highest BCUT2D eigenvalue weighted by molar-refractivity contribution is 5.96. The van der Waals surface area contributed by atoms with Gasteiger partial charge in [0.05, 0.1) is 19.6 Å². The van der Waals surface area contributed by atoms with E-state index in [1.54, 1.807) is 6.07 Å². The predicted molar refractivity (Wildman–Crippen MR) is 90.4 cm³/mol. The topological polar surface area (TPSA) is 67.8 Å². The van der Waals surface area contributed by atoms with Crippen molar-refractivity contribution in [1.29, 1.82) is 0 Å². The van der Waals surface area contributed by atoms with Gasteiger partial charge in [0.25, 0.3) is 0 Å². The highest BCUT2D eigenvalue weighted by Crippen LogP contribution is 2.60. The molecule has 130 valence electrons. The summed E-state index contributed by atoms with van der Waals surface area (Å²) in [7, 11) is 2.99. The Hall–Kier alpha value is -1.91. The van der Waals surface area contributed by atoms with Gasteiger partial charge < -0.3 is 19.9 Å². The van der Waals surface area contributed by atoms with E-state index in [1.807, 2.05) is 0 Å². The summed E-state index contributed by atoms with van der Waals surface area (Å²) in [5, 5.41) is 13.1. The lowest BCUT2D eigenvalue weighted by molar-refractivity contribution is -0.140. The first-order valence-corrected chi connectivity index (χ1v) is 8.79. The monoisotopic (exact) mass is 331 g/mol. The van der Waals surface area contributed by atoms with Crippen LogP contribution >= 0.6 is 0 Å². The fourth-order valence-electron chi connectivity index (χ4n) is 5.67. The van der Waals surface area contributed by atoms with Crippen LogP contribution in [0.4, 0.5) is 5.69 Å². The van der Waals surface area contributed by atoms with E-state index >= 15 is 0 Å². The number of phenols is 1. The second kappa shape index (κ2) is 5.57. The lowest BCUT2D eigenvalue weighted by atomic mass is 9.49. The van der Waals surface area contributed by atoms with Crippen LogP contribution in [-0.2, 0) is 4.79 Å². The molecule has 5 heteroatoms. The highest BCUT2D eigenvalue weighted by atomic mass is 16.5. The predicted octanol–water partition coefficient (Wildman–Crippen LogP) is 3.56. The molecule has 0 heterocycles. The Morgan fingerprint density at radius 1 is 1.08 bits per heavy atom. The zero-order valence-electron chi connectivity index (χ0n) is 14.3. The number of methoxy groups -OCH3 is 2. The van der Waals surface area contributed by atoms with Crippen molar-refractivity contribution < 1.29 is 19.4 Å². The van der Waals surface area contributed by atoms with E-state index in [9.17, 15) is 9.90 Å². The van der Waals surface area contributed by atoms with Crippen LogP contribution in [-0.4, -0.2) is 25.2 Å². The van der Waals surface area contributed by atoms with E-state index < -0.39 is 0 Å². The standard InChI is InChI=1S/C19H25NO4/c1-23-16-7-14(6-15(21)17(16)24-2)20-18(22)19-8-11-3-12(9-19)5-13(4-11)10-19/h6-7,11-13,21H,3-5,8-10H2,1-2H3,(H,20,22). The zero-order chi connectivity index (χ0) is 16.9. The molecule has 4 fully saturated rings. The number of carbonyl (C=O) groups is 1. The summed E-state index contributed by atoms with van der Waals surface area (Å²) in [4.78, 5) is 13.1. The number of carbonyl (C=O) groups excluding carboxylic acids is 1. The zero-order valence-corrected chi connectivity index (χ0v) is 14.3. The summed E-state index contributed by atoms with van der Waals surface area (Å²) in [5.41, 5.74) is 0.350. The second-order valence-electron chi connectivity index (χ2n) is 7.88. The van der Waals surface area contributed by atoms with Crippen LogP contribution in [0.15, 0.2) is 12.1 Å². The number of aromatic hydroxyl groups is 1. The number of hydrogen-bond donors (Lipinski definition) is 2. The van der Waals surface area contributed by atoms with E-state index in [0.29, 0.717) is 11.4 Å². The van der Waals surface area contributed by atoms with Crippen molar-refractivity contribution in [3.8, 4) is 17.2 Å². The van der Waals surface area contributed by atoms with Crippen LogP contribution < -0.4 is 14.8 Å². The first-order chi connectivity index (χ1) is 11.5. The summed E-state index contributed by atoms with van der Waals surface area (Å²) in [5.74, 6) is 2.94. The number of phenolic OH excluding ortho intramolecular Hbond substituents is 1. The summed E-state index contributed by atoms with van der Waals surface area (Å²) < 4.78 is 10.4. The Bertz CT molecular complexity index is 634. The fourth-order valence-corrected chi connectivity index (χ4v) is 5.67. The van der Waals surface area contributed by atoms with E-state index in [4.69, 9.17) is 9.47 Å². The van der Waals surface area contributed by atoms with Gasteiger partial charge >= 0.3 is 0 Å². The molecule has 4 aliphatic carbocycles. The molecule has 4 aliphatic rings. The second-order valence-corrected chi connectivity index (χ2v) is 7.88. The molecule has 5 nitrogen and oxygen atoms in total. The number of benzene rings is 1. The largest absolute Gasteiger partial charge is 0.504 e. The average Bonchev–Trinajstić information content (AvgIpc) is 2.53. The summed E-state index contributed by atoms with van der Waals surface area (Å²) in [6.45, 7) is 0. The smallest absolute Gasteiger partial charge is 0.230 e. The van der Waals surface area contributed by atoms with Crippen LogP contribution in [0, 0.1) is 23.2 Å². The summed E-state index contributed by atoms with van der Waals surface area (Å²) in [6, 6.07) is 3.23. The molecule has 0 saturated heterocycles. The molecule has 0 aromatic heterocycles. The van der Waals surface area contributed by atoms with E-state index in [-0.39, 0.29) is 22.8 Å². The maximum Gasteiger partial charge on any atom is 0.230 e. The van der Waals surface area contributed by atoms with Gasteiger partial charge in [0.15, 0.2) is 11.5 Å². The lowest BCUT2D eigenvalue weighted by Crippen LogP contribution is -2.51. The minimum Gasteiger partial charge on any atom is -0.504 e. The molecule has 0 aliphatic heterocycles. The van der Waals surface area contributed by atoms with Gasteiger partial charge in [-0.1, -0.05) is 0 Å². The van der Waals surface area contributed by atoms with Crippen molar-refractivity contribution in [2.75, 3.05) is 19.5 Å². The maximum absolute atomic E-state index is 13.1. The molecule has 24 heavy (non-hydrogen) atoms. The first-order valence-electron chi connectivity index (χ1n) is 8.79. The number of nitrogens with one attached hydrogen (secondary N) is 1. The molecular formula is C19H25NO4. The number of ether oxygens (including phenoxy) is 2. The maximum atomic E-state index is 13.1. The van der Waals surface area contributed by atoms with Crippen LogP contribution in [0.3, 0.4) is 0 Å². The molecule has 0 spiro atoms. The number of anilines is 1. The molecule has 5 rings (SSSR count). The summed E-state index contributed by atoms with van der Waals surface area (Å²) >= 11 is 0. The number of rotatable bonds is 4. The normalized spacial score (nSPS) is 33.3. The fraction of sp³-hybridized carbons (Fsp3) is 0.632. The molecule has 0 radical (unpaired) electrons. The minimum absolute atomic E-state index is 0.0299. The van der Waals surface area contributed by atoms with Crippen LogP contribution in [0.1, 0.15) is 38.5 Å². The molecule has 0 atom stereocenters. The van der Waals surface area contributed by atoms with Gasteiger partial charge in [-0.2, -0.15) is 0 Å². The third-order valence-corrected chi connectivity index (χ3v) is 6.24. The molecular weight excluding hydrogens is 306 g/mol. The quantitative estimate of drug-likeness (QED) is 0.885. The minimum atomic E-state index is -0.211. The van der Waals surface area contributed by atoms with Gasteiger partial charge in [0, 0.05) is 17.8 Å². The van der Waals surface area contributed by atoms with E-state index in [2.05, 4.69) is 5.32 Å². The van der Waals surface area contributed by atoms with Crippen LogP contribution in [0.25, 0.3) is 0 Å². The van der Waals surface area contributed by atoms with E-state index in [1.165, 1.54) is 39.5 Å². The Kier molecular flexibility index (Phi) is 3.62. The van der Waals surface area contributed by atoms with Gasteiger partial charge in [-0.15, -0.1) is 0 Å². The Balaban J connectivity index is 1.57. The molecule has 1 amide bonds. The SMILES string of the molecule is COc1cc(NC(=O)C23CC4CC(CC(C4)C2)C3)cc(O)c1OC. The number of hydrogen-bond acceptors (Lipinski definition) is 4. The van der Waals surface area contributed by atoms with Gasteiger partial charge in [-0.25, -0.2) is 0 Å². The Labute approximate surface area is 142 Å². The lowest BCUT2D eigenvalue weighted by Gasteiger charge is -2.55. The average molecular weight is 331 g/mol. The highest BCUT2D eigenvalue weighted by Gasteiger charge is 2.54. The van der Waals surface area contributed by atoms with E-state index in [0.717, 1.165) is 37.0 Å². The molecule has 4 bridgehead atoms. The van der Waals surface area contributed by atoms with Crippen molar-refractivity contribution in [2.24, 2.45) is 23.2 Å². The van der Waals surface area contributed by atoms with Gasteiger partial charge in [0.1, 0.15) is 0 Å². The molecule has 2 N–H and O–H groups in total. The molecule has 4 saturated carbocycles. The van der Waals surface area contributed by atoms with Crippen LogP contribution in [0.2, 0.25) is 0 Å². The van der Waals surface area contributed by atoms with Gasteiger partial charge in [0.2, 0.25) is 11.7 Å². The van der Waals surface area contributed by atoms with Crippen molar-refractivity contribution in [3.63, 3.8) is 0 Å². The first kappa shape index (κ1) is 15.6. The Morgan fingerprint density at radius 3 is 2.17 bits per heavy atom. The molecule has 1 aromatic carbocycles. The third kappa shape index (κ3) is 2.41. The van der Waals surface area contributed by atoms with Gasteiger partial charge in [-0.05, 0) is 56.3 Å². The van der Waals surface area contributed by atoms with Crippen LogP contribution in [0.5, 0.6) is 17.2 Å². The molecule has 1 aromatic rings. The van der Waals surface area contributed by atoms with Gasteiger partial charge in [-0.3, -0.25) is 4.79 Å². The van der Waals surface area contributed by atoms with Crippen molar-refractivity contribution in [1.82, 2.24) is 0 Å².